The quantitative estimate of drug-likeness (QED) is 0.189. The number of carbonyl (C=O) groups is 1. The van der Waals surface area contributed by atoms with Crippen molar-refractivity contribution in [3.8, 4) is 11.1 Å². The fourth-order valence-electron chi connectivity index (χ4n) is 5.05. The van der Waals surface area contributed by atoms with Crippen molar-refractivity contribution in [3.63, 3.8) is 0 Å². The number of carbonyl (C=O) groups excluding carboxylic acids is 1. The first kappa shape index (κ1) is 28.7. The van der Waals surface area contributed by atoms with Crippen LogP contribution >= 0.6 is 23.4 Å². The summed E-state index contributed by atoms with van der Waals surface area (Å²) < 4.78 is 63.1. The molecular formula is C26H29ClF4N4O2S. The fourth-order valence-corrected chi connectivity index (χ4v) is 6.49. The van der Waals surface area contributed by atoms with Crippen molar-refractivity contribution in [3.05, 3.63) is 47.3 Å². The summed E-state index contributed by atoms with van der Waals surface area (Å²) in [5, 5.41) is 3.24. The van der Waals surface area contributed by atoms with Gasteiger partial charge in [-0.1, -0.05) is 12.1 Å². The Morgan fingerprint density at radius 1 is 1.18 bits per heavy atom. The number of amidine groups is 1. The molecule has 3 heterocycles. The predicted octanol–water partition coefficient (Wildman–Crippen LogP) is 4.73. The van der Waals surface area contributed by atoms with E-state index in [2.05, 4.69) is 21.9 Å². The van der Waals surface area contributed by atoms with Crippen molar-refractivity contribution in [2.75, 3.05) is 70.0 Å². The number of thioether (sulfide) groups is 1. The van der Waals surface area contributed by atoms with Crippen LogP contribution in [0.2, 0.25) is 0 Å². The minimum atomic E-state index is -4.69. The summed E-state index contributed by atoms with van der Waals surface area (Å²) in [6.45, 7) is 3.69. The van der Waals surface area contributed by atoms with Crippen LogP contribution in [-0.2, 0) is 15.7 Å². The number of hydrogen-bond donors (Lipinski definition) is 1. The van der Waals surface area contributed by atoms with Crippen LogP contribution in [0, 0.1) is 11.2 Å². The van der Waals surface area contributed by atoms with Gasteiger partial charge in [-0.05, 0) is 23.8 Å². The van der Waals surface area contributed by atoms with Crippen LogP contribution in [0.5, 0.6) is 0 Å². The van der Waals surface area contributed by atoms with E-state index in [0.717, 1.165) is 18.2 Å². The molecule has 2 saturated heterocycles. The number of rotatable bonds is 3. The number of fused-ring (bicyclic) bond motifs is 1. The lowest BCUT2D eigenvalue weighted by Crippen LogP contribution is -2.52. The molecule has 0 bridgehead atoms. The third-order valence-corrected chi connectivity index (χ3v) is 8.27. The lowest BCUT2D eigenvalue weighted by Gasteiger charge is -2.42. The highest BCUT2D eigenvalue weighted by Crippen LogP contribution is 2.52. The Morgan fingerprint density at radius 3 is 2.37 bits per heavy atom. The second-order valence-electron chi connectivity index (χ2n) is 9.33. The van der Waals surface area contributed by atoms with Gasteiger partial charge in [-0.25, -0.2) is 4.39 Å². The average molecular weight is 573 g/mol. The number of ether oxygens (including phenoxy) is 1. The van der Waals surface area contributed by atoms with Gasteiger partial charge >= 0.3 is 6.18 Å². The van der Waals surface area contributed by atoms with E-state index < -0.39 is 17.6 Å². The van der Waals surface area contributed by atoms with Gasteiger partial charge in [0, 0.05) is 73.3 Å². The normalized spacial score (nSPS) is 19.2. The molecule has 2 aromatic rings. The average Bonchev–Trinajstić information content (AvgIpc) is 3.08. The smallest absolute Gasteiger partial charge is 0.380 e. The first-order valence-electron chi connectivity index (χ1n) is 12.0. The Morgan fingerprint density at radius 2 is 1.84 bits per heavy atom. The van der Waals surface area contributed by atoms with Gasteiger partial charge in [0.1, 0.15) is 11.7 Å². The number of nitrogens with one attached hydrogen (secondary N) is 1. The zero-order valence-electron chi connectivity index (χ0n) is 21.1. The van der Waals surface area contributed by atoms with Crippen molar-refractivity contribution in [1.29, 1.82) is 0 Å². The summed E-state index contributed by atoms with van der Waals surface area (Å²) in [4.78, 5) is 20.7. The number of halogens is 5. The number of amides is 1. The van der Waals surface area contributed by atoms with Gasteiger partial charge < -0.3 is 19.9 Å². The lowest BCUT2D eigenvalue weighted by atomic mass is 9.87. The number of hydrogen-bond acceptors (Lipinski definition) is 5. The molecule has 2 fully saturated rings. The first-order valence-corrected chi connectivity index (χ1v) is 13.8. The molecule has 6 nitrogen and oxygen atoms in total. The molecule has 0 unspecified atom stereocenters. The van der Waals surface area contributed by atoms with E-state index in [-0.39, 0.29) is 22.1 Å². The molecule has 3 aliphatic rings. The van der Waals surface area contributed by atoms with Crippen LogP contribution in [-0.4, -0.2) is 82.3 Å². The molecule has 5 rings (SSSR count). The van der Waals surface area contributed by atoms with Gasteiger partial charge in [0.15, 0.2) is 0 Å². The van der Waals surface area contributed by atoms with Crippen LogP contribution in [0.15, 0.2) is 40.2 Å². The SMILES string of the molecule is CCl.CN=C(c1cc(C(F)(F)F)c(-c2ccc(F)cc2)c2c1N(C=O)CC1(COC1)CS2)N1CCNCC1. The summed E-state index contributed by atoms with van der Waals surface area (Å²) in [5.41, 5.74) is -0.319. The van der Waals surface area contributed by atoms with E-state index >= 15 is 0 Å². The number of alkyl halides is 4. The third kappa shape index (κ3) is 5.52. The number of benzene rings is 2. The largest absolute Gasteiger partial charge is 0.417 e. The third-order valence-electron chi connectivity index (χ3n) is 6.82. The van der Waals surface area contributed by atoms with Crippen molar-refractivity contribution in [2.24, 2.45) is 10.4 Å². The van der Waals surface area contributed by atoms with E-state index in [1.54, 1.807) is 7.05 Å². The van der Waals surface area contributed by atoms with Gasteiger partial charge in [0.25, 0.3) is 0 Å². The summed E-state index contributed by atoms with van der Waals surface area (Å²) in [6, 6.07) is 6.10. The maximum Gasteiger partial charge on any atom is 0.417 e. The maximum atomic E-state index is 14.6. The molecule has 1 spiro atoms. The Labute approximate surface area is 228 Å². The van der Waals surface area contributed by atoms with Crippen molar-refractivity contribution in [1.82, 2.24) is 10.2 Å². The summed E-state index contributed by atoms with van der Waals surface area (Å²) in [5.74, 6) is 0.366. The van der Waals surface area contributed by atoms with E-state index in [1.165, 1.54) is 35.2 Å². The number of anilines is 1. The standard InChI is InChI=1S/C25H26F4N4O2S.CH3Cl/c1-30-23(32-8-6-31-7-9-32)18-10-19(25(27,28)29)20(16-2-4-17(26)5-3-16)22-21(18)33(15-34)11-24(14-36-22)12-35-13-24;1-2/h2-5,10,15,31H,6-9,11-14H2,1H3;1H3. The predicted molar refractivity (Wildman–Crippen MR) is 143 cm³/mol. The van der Waals surface area contributed by atoms with Gasteiger partial charge in [-0.15, -0.1) is 23.4 Å². The molecule has 0 aliphatic carbocycles. The Kier molecular flexibility index (Phi) is 8.91. The van der Waals surface area contributed by atoms with Crippen LogP contribution in [0.3, 0.4) is 0 Å². The summed E-state index contributed by atoms with van der Waals surface area (Å²) >= 11 is 5.93. The van der Waals surface area contributed by atoms with Crippen molar-refractivity contribution >= 4 is 41.3 Å². The molecule has 2 aromatic carbocycles. The fraction of sp³-hybridized carbons (Fsp3) is 0.462. The van der Waals surface area contributed by atoms with Crippen LogP contribution < -0.4 is 10.2 Å². The Hall–Kier alpha value is -2.34. The highest BCUT2D eigenvalue weighted by Gasteiger charge is 2.46. The second kappa shape index (κ2) is 11.8. The zero-order chi connectivity index (χ0) is 27.5. The summed E-state index contributed by atoms with van der Waals surface area (Å²) in [6.07, 6.45) is -2.53. The zero-order valence-corrected chi connectivity index (χ0v) is 22.6. The first-order chi connectivity index (χ1) is 18.3. The van der Waals surface area contributed by atoms with Crippen molar-refractivity contribution < 1.29 is 27.1 Å². The van der Waals surface area contributed by atoms with E-state index in [0.29, 0.717) is 74.5 Å². The molecule has 206 valence electrons. The van der Waals surface area contributed by atoms with E-state index in [4.69, 9.17) is 4.74 Å². The van der Waals surface area contributed by atoms with Gasteiger partial charge in [0.2, 0.25) is 6.41 Å². The number of piperazine rings is 1. The minimum absolute atomic E-state index is 0.0499. The van der Waals surface area contributed by atoms with Crippen molar-refractivity contribution in [2.45, 2.75) is 11.1 Å². The summed E-state index contributed by atoms with van der Waals surface area (Å²) in [7, 11) is 1.56. The molecule has 0 atom stereocenters. The van der Waals surface area contributed by atoms with Crippen LogP contribution in [0.1, 0.15) is 11.1 Å². The number of nitrogens with zero attached hydrogens (tertiary/aromatic N) is 3. The molecule has 3 aliphatic heterocycles. The highest BCUT2D eigenvalue weighted by atomic mass is 35.5. The second-order valence-corrected chi connectivity index (χ2v) is 10.3. The van der Waals surface area contributed by atoms with Gasteiger partial charge in [-0.2, -0.15) is 13.2 Å². The van der Waals surface area contributed by atoms with Gasteiger partial charge in [-0.3, -0.25) is 9.79 Å². The lowest BCUT2D eigenvalue weighted by molar-refractivity contribution is -0.137. The highest BCUT2D eigenvalue weighted by molar-refractivity contribution is 7.99. The molecule has 1 N–H and O–H groups in total. The van der Waals surface area contributed by atoms with Gasteiger partial charge in [0.05, 0.1) is 24.5 Å². The molecular weight excluding hydrogens is 544 g/mol. The topological polar surface area (TPSA) is 57.2 Å². The molecule has 1 amide bonds. The molecule has 0 aromatic heterocycles. The van der Waals surface area contributed by atoms with Crippen LogP contribution in [0.25, 0.3) is 11.1 Å². The van der Waals surface area contributed by atoms with Crippen LogP contribution in [0.4, 0.5) is 23.2 Å². The molecule has 0 radical (unpaired) electrons. The maximum absolute atomic E-state index is 14.6. The Bertz CT molecular complexity index is 1180. The molecule has 12 heteroatoms. The monoisotopic (exact) mass is 572 g/mol. The Balaban J connectivity index is 0.00000164. The number of aliphatic imine (C=N–C) groups is 1. The van der Waals surface area contributed by atoms with E-state index in [9.17, 15) is 22.4 Å². The molecule has 38 heavy (non-hydrogen) atoms. The minimum Gasteiger partial charge on any atom is -0.380 e. The van der Waals surface area contributed by atoms with E-state index in [1.807, 2.05) is 4.90 Å². The molecule has 0 saturated carbocycles.